The van der Waals surface area contributed by atoms with E-state index in [4.69, 9.17) is 5.14 Å². The maximum atomic E-state index is 5.20. The molecule has 0 rings (SSSR count). The molecular weight excluding hydrogens is 94.1 g/mol. The first-order valence-electron chi connectivity index (χ1n) is 2.16. The summed E-state index contributed by atoms with van der Waals surface area (Å²) in [7, 11) is 0. The summed E-state index contributed by atoms with van der Waals surface area (Å²) in [5.74, 6) is 0. The van der Waals surface area contributed by atoms with Crippen molar-refractivity contribution in [1.29, 1.82) is 0 Å². The van der Waals surface area contributed by atoms with E-state index >= 15 is 0 Å². The lowest BCUT2D eigenvalue weighted by Crippen LogP contribution is -1.95. The average molecular weight is 105 g/mol. The van der Waals surface area contributed by atoms with Gasteiger partial charge >= 0.3 is 0 Å². The highest BCUT2D eigenvalue weighted by molar-refractivity contribution is 7.97. The summed E-state index contributed by atoms with van der Waals surface area (Å²) in [4.78, 5) is 0. The van der Waals surface area contributed by atoms with Crippen LogP contribution in [0.5, 0.6) is 0 Å². The third kappa shape index (κ3) is 2.54. The Labute approximate surface area is 43.4 Å². The van der Waals surface area contributed by atoms with Crippen molar-refractivity contribution in [2.45, 2.75) is 25.5 Å². The molecule has 2 heteroatoms. The van der Waals surface area contributed by atoms with Gasteiger partial charge in [-0.25, -0.2) is 0 Å². The molecule has 0 aromatic carbocycles. The van der Waals surface area contributed by atoms with Crippen LogP contribution in [0.2, 0.25) is 0 Å². The van der Waals surface area contributed by atoms with Crippen LogP contribution < -0.4 is 5.14 Å². The zero-order valence-electron chi connectivity index (χ0n) is 4.27. The van der Waals surface area contributed by atoms with Crippen molar-refractivity contribution in [2.24, 2.45) is 5.14 Å². The van der Waals surface area contributed by atoms with Crippen molar-refractivity contribution in [3.63, 3.8) is 0 Å². The van der Waals surface area contributed by atoms with E-state index in [1.165, 1.54) is 18.4 Å². The highest BCUT2D eigenvalue weighted by atomic mass is 32.2. The molecule has 2 N–H and O–H groups in total. The molecule has 6 heavy (non-hydrogen) atoms. The summed E-state index contributed by atoms with van der Waals surface area (Å²) in [5.41, 5.74) is 0. The fraction of sp³-hybridized carbons (Fsp3) is 1.00. The van der Waals surface area contributed by atoms with Gasteiger partial charge in [0.2, 0.25) is 0 Å². The Bertz CT molecular complexity index is 26.7. The molecule has 0 saturated heterocycles. The van der Waals surface area contributed by atoms with Gasteiger partial charge < -0.3 is 0 Å². The Balaban J connectivity index is 2.75. The minimum absolute atomic E-state index is 0.630. The summed E-state index contributed by atoms with van der Waals surface area (Å²) in [6.07, 6.45) is 1.17. The summed E-state index contributed by atoms with van der Waals surface area (Å²) >= 11 is 1.42. The SMILES string of the molecule is CC[C@@H](C)SN. The fourth-order valence-electron chi connectivity index (χ4n) is 0.0962. The molecule has 0 aromatic heterocycles. The van der Waals surface area contributed by atoms with E-state index in [0.29, 0.717) is 5.25 Å². The maximum absolute atomic E-state index is 5.20. The molecule has 0 fully saturated rings. The van der Waals surface area contributed by atoms with Crippen LogP contribution in [-0.2, 0) is 0 Å². The molecular formula is C4H11NS. The topological polar surface area (TPSA) is 26.0 Å². The van der Waals surface area contributed by atoms with Crippen LogP contribution in [0.25, 0.3) is 0 Å². The van der Waals surface area contributed by atoms with Gasteiger partial charge in [0.1, 0.15) is 0 Å². The van der Waals surface area contributed by atoms with Crippen LogP contribution in [0.1, 0.15) is 20.3 Å². The molecule has 0 saturated carbocycles. The molecule has 0 spiro atoms. The minimum atomic E-state index is 0.630. The zero-order valence-corrected chi connectivity index (χ0v) is 5.09. The van der Waals surface area contributed by atoms with Gasteiger partial charge in [-0.05, 0) is 6.42 Å². The number of nitrogens with two attached hydrogens (primary N) is 1. The van der Waals surface area contributed by atoms with E-state index in [-0.39, 0.29) is 0 Å². The first kappa shape index (κ1) is 6.31. The van der Waals surface area contributed by atoms with E-state index in [2.05, 4.69) is 13.8 Å². The molecule has 0 aliphatic carbocycles. The van der Waals surface area contributed by atoms with Gasteiger partial charge in [-0.3, -0.25) is 5.14 Å². The highest BCUT2D eigenvalue weighted by Gasteiger charge is 1.89. The highest BCUT2D eigenvalue weighted by Crippen LogP contribution is 2.03. The van der Waals surface area contributed by atoms with Crippen molar-refractivity contribution in [1.82, 2.24) is 0 Å². The molecule has 0 aliphatic rings. The minimum Gasteiger partial charge on any atom is -0.278 e. The van der Waals surface area contributed by atoms with Crippen molar-refractivity contribution in [3.8, 4) is 0 Å². The van der Waals surface area contributed by atoms with Crippen LogP contribution >= 0.6 is 11.9 Å². The lowest BCUT2D eigenvalue weighted by Gasteiger charge is -1.98. The Kier molecular flexibility index (Phi) is 3.68. The standard InChI is InChI=1S/C4H11NS/c1-3-4(2)6-5/h4H,3,5H2,1-2H3/t4-/m1/s1. The van der Waals surface area contributed by atoms with Crippen LogP contribution in [0, 0.1) is 0 Å². The quantitative estimate of drug-likeness (QED) is 0.537. The largest absolute Gasteiger partial charge is 0.278 e. The average Bonchev–Trinajstić information content (AvgIpc) is 1.65. The molecule has 0 aliphatic heterocycles. The Hall–Kier alpha value is 0.310. The van der Waals surface area contributed by atoms with Gasteiger partial charge in [0.25, 0.3) is 0 Å². The van der Waals surface area contributed by atoms with Gasteiger partial charge in [0, 0.05) is 5.25 Å². The third-order valence-electron chi connectivity index (χ3n) is 0.807. The molecule has 1 atom stereocenters. The van der Waals surface area contributed by atoms with Crippen molar-refractivity contribution < 1.29 is 0 Å². The molecule has 0 bridgehead atoms. The number of hydrogen-bond acceptors (Lipinski definition) is 2. The van der Waals surface area contributed by atoms with E-state index in [1.54, 1.807) is 0 Å². The van der Waals surface area contributed by atoms with Crippen LogP contribution in [-0.4, -0.2) is 5.25 Å². The maximum Gasteiger partial charge on any atom is 0.0159 e. The molecule has 0 amide bonds. The van der Waals surface area contributed by atoms with E-state index in [0.717, 1.165) is 0 Å². The van der Waals surface area contributed by atoms with E-state index < -0.39 is 0 Å². The monoisotopic (exact) mass is 105 g/mol. The van der Waals surface area contributed by atoms with Gasteiger partial charge in [-0.15, -0.1) is 0 Å². The molecule has 38 valence electrons. The fourth-order valence-corrected chi connectivity index (χ4v) is 0.289. The second kappa shape index (κ2) is 3.50. The van der Waals surface area contributed by atoms with E-state index in [9.17, 15) is 0 Å². The summed E-state index contributed by atoms with van der Waals surface area (Å²) < 4.78 is 0. The normalized spacial score (nSPS) is 14.5. The van der Waals surface area contributed by atoms with Crippen LogP contribution in [0.15, 0.2) is 0 Å². The van der Waals surface area contributed by atoms with Gasteiger partial charge in [0.05, 0.1) is 0 Å². The van der Waals surface area contributed by atoms with Crippen LogP contribution in [0.3, 0.4) is 0 Å². The molecule has 0 heterocycles. The molecule has 0 radical (unpaired) electrons. The van der Waals surface area contributed by atoms with Crippen molar-refractivity contribution in [3.05, 3.63) is 0 Å². The summed E-state index contributed by atoms with van der Waals surface area (Å²) in [6, 6.07) is 0. The van der Waals surface area contributed by atoms with Crippen molar-refractivity contribution >= 4 is 11.9 Å². The second-order valence-corrected chi connectivity index (χ2v) is 2.43. The van der Waals surface area contributed by atoms with Crippen LogP contribution in [0.4, 0.5) is 0 Å². The number of rotatable bonds is 2. The predicted octanol–water partition coefficient (Wildman–Crippen LogP) is 1.39. The van der Waals surface area contributed by atoms with Gasteiger partial charge in [-0.1, -0.05) is 25.8 Å². The Morgan fingerprint density at radius 1 is 1.83 bits per heavy atom. The summed E-state index contributed by atoms with van der Waals surface area (Å²) in [5, 5.41) is 5.83. The molecule has 0 aromatic rings. The predicted molar refractivity (Wildman–Crippen MR) is 31.5 cm³/mol. The molecule has 1 nitrogen and oxygen atoms in total. The Morgan fingerprint density at radius 2 is 2.33 bits per heavy atom. The third-order valence-corrected chi connectivity index (χ3v) is 1.61. The lowest BCUT2D eigenvalue weighted by molar-refractivity contribution is 0.907. The first-order valence-corrected chi connectivity index (χ1v) is 3.11. The van der Waals surface area contributed by atoms with Crippen molar-refractivity contribution in [2.75, 3.05) is 0 Å². The second-order valence-electron chi connectivity index (χ2n) is 1.35. The first-order chi connectivity index (χ1) is 2.81. The van der Waals surface area contributed by atoms with Gasteiger partial charge in [0.15, 0.2) is 0 Å². The smallest absolute Gasteiger partial charge is 0.0159 e. The molecule has 0 unspecified atom stereocenters. The number of hydrogen-bond donors (Lipinski definition) is 1. The van der Waals surface area contributed by atoms with Gasteiger partial charge in [-0.2, -0.15) is 0 Å². The summed E-state index contributed by atoms with van der Waals surface area (Å²) in [6.45, 7) is 4.25. The zero-order chi connectivity index (χ0) is 4.99. The Morgan fingerprint density at radius 3 is 2.33 bits per heavy atom. The van der Waals surface area contributed by atoms with E-state index in [1.807, 2.05) is 0 Å². The lowest BCUT2D eigenvalue weighted by atomic mass is 10.4.